The molecule has 9 heteroatoms. The fraction of sp³-hybridized carbons (Fsp3) is 0.500. The van der Waals surface area contributed by atoms with E-state index in [4.69, 9.17) is 4.74 Å². The average Bonchev–Trinajstić information content (AvgIpc) is 2.53. The van der Waals surface area contributed by atoms with Gasteiger partial charge in [0.05, 0.1) is 17.6 Å². The highest BCUT2D eigenvalue weighted by molar-refractivity contribution is 7.89. The normalized spacial score (nSPS) is 21.3. The van der Waals surface area contributed by atoms with Gasteiger partial charge in [-0.2, -0.15) is 0 Å². The van der Waals surface area contributed by atoms with Crippen LogP contribution in [0.5, 0.6) is 0 Å². The Hall–Kier alpha value is -1.19. The lowest BCUT2D eigenvalue weighted by atomic mass is 10.1. The topological polar surface area (TPSA) is 96.5 Å². The van der Waals surface area contributed by atoms with Gasteiger partial charge in [0.1, 0.15) is 6.04 Å². The SMILES string of the molecule is CNS(=O)(=O)c1cccc(CNC(=O)[C@H]2NCCO[C@@H]2C)c1.Cl. The lowest BCUT2D eigenvalue weighted by Crippen LogP contribution is -2.55. The summed E-state index contributed by atoms with van der Waals surface area (Å²) in [7, 11) is -2.12. The van der Waals surface area contributed by atoms with Crippen LogP contribution in [0.3, 0.4) is 0 Å². The van der Waals surface area contributed by atoms with Crippen molar-refractivity contribution in [3.05, 3.63) is 29.8 Å². The minimum absolute atomic E-state index is 0. The first kappa shape index (κ1) is 19.9. The standard InChI is InChI=1S/C14H21N3O4S.ClH/c1-10-13(16-6-7-21-10)14(18)17-9-11-4-3-5-12(8-11)22(19,20)15-2;/h3-5,8,10,13,15-16H,6-7,9H2,1-2H3,(H,17,18);1H/t10-,13+;/m1./s1. The van der Waals surface area contributed by atoms with Crippen LogP contribution in [0.1, 0.15) is 12.5 Å². The molecule has 0 bridgehead atoms. The van der Waals surface area contributed by atoms with Crippen LogP contribution < -0.4 is 15.4 Å². The quantitative estimate of drug-likeness (QED) is 0.684. The Balaban J connectivity index is 0.00000264. The molecule has 7 nitrogen and oxygen atoms in total. The molecule has 130 valence electrons. The third kappa shape index (κ3) is 5.15. The second kappa shape index (κ2) is 8.60. The minimum atomic E-state index is -3.48. The number of ether oxygens (including phenoxy) is 1. The number of sulfonamides is 1. The molecule has 1 amide bonds. The molecule has 0 aliphatic carbocycles. The fourth-order valence-electron chi connectivity index (χ4n) is 2.27. The molecular weight excluding hydrogens is 342 g/mol. The van der Waals surface area contributed by atoms with Gasteiger partial charge >= 0.3 is 0 Å². The van der Waals surface area contributed by atoms with Crippen molar-refractivity contribution < 1.29 is 17.9 Å². The van der Waals surface area contributed by atoms with Crippen LogP contribution in [0, 0.1) is 0 Å². The number of nitrogens with one attached hydrogen (secondary N) is 3. The highest BCUT2D eigenvalue weighted by atomic mass is 35.5. The zero-order valence-electron chi connectivity index (χ0n) is 13.0. The molecule has 0 unspecified atom stereocenters. The number of amides is 1. The molecule has 0 radical (unpaired) electrons. The van der Waals surface area contributed by atoms with Crippen LogP contribution in [-0.4, -0.2) is 46.7 Å². The number of morpholine rings is 1. The molecule has 1 saturated heterocycles. The number of halogens is 1. The van der Waals surface area contributed by atoms with E-state index in [2.05, 4.69) is 15.4 Å². The van der Waals surface area contributed by atoms with E-state index in [1.54, 1.807) is 18.2 Å². The monoisotopic (exact) mass is 363 g/mol. The van der Waals surface area contributed by atoms with E-state index in [-0.39, 0.29) is 35.9 Å². The van der Waals surface area contributed by atoms with Gasteiger partial charge in [-0.05, 0) is 31.7 Å². The lowest BCUT2D eigenvalue weighted by Gasteiger charge is -2.29. The van der Waals surface area contributed by atoms with Crippen LogP contribution in [0.4, 0.5) is 0 Å². The van der Waals surface area contributed by atoms with Crippen molar-refractivity contribution in [1.82, 2.24) is 15.4 Å². The second-order valence-electron chi connectivity index (χ2n) is 5.08. The Bertz CT molecular complexity index is 639. The summed E-state index contributed by atoms with van der Waals surface area (Å²) in [6.45, 7) is 3.33. The van der Waals surface area contributed by atoms with Gasteiger partial charge in [-0.1, -0.05) is 12.1 Å². The smallest absolute Gasteiger partial charge is 0.240 e. The van der Waals surface area contributed by atoms with E-state index in [0.717, 1.165) is 0 Å². The fourth-order valence-corrected chi connectivity index (χ4v) is 3.07. The molecular formula is C14H22ClN3O4S. The van der Waals surface area contributed by atoms with E-state index in [1.165, 1.54) is 13.1 Å². The molecule has 2 rings (SSSR count). The zero-order chi connectivity index (χ0) is 16.2. The van der Waals surface area contributed by atoms with Gasteiger partial charge in [0.25, 0.3) is 0 Å². The Morgan fingerprint density at radius 3 is 2.83 bits per heavy atom. The highest BCUT2D eigenvalue weighted by Crippen LogP contribution is 2.11. The van der Waals surface area contributed by atoms with Crippen LogP contribution in [0.15, 0.2) is 29.2 Å². The van der Waals surface area contributed by atoms with E-state index in [1.807, 2.05) is 6.92 Å². The molecule has 3 N–H and O–H groups in total. The maximum absolute atomic E-state index is 12.1. The van der Waals surface area contributed by atoms with Crippen LogP contribution >= 0.6 is 12.4 Å². The third-order valence-electron chi connectivity index (χ3n) is 3.54. The van der Waals surface area contributed by atoms with E-state index in [9.17, 15) is 13.2 Å². The van der Waals surface area contributed by atoms with E-state index >= 15 is 0 Å². The molecule has 1 aromatic rings. The molecule has 2 atom stereocenters. The van der Waals surface area contributed by atoms with E-state index in [0.29, 0.717) is 18.7 Å². The van der Waals surface area contributed by atoms with Gasteiger partial charge in [0.2, 0.25) is 15.9 Å². The zero-order valence-corrected chi connectivity index (χ0v) is 14.7. The molecule has 0 spiro atoms. The maximum atomic E-state index is 12.1. The summed E-state index contributed by atoms with van der Waals surface area (Å²) in [4.78, 5) is 12.3. The Labute approximate surface area is 142 Å². The van der Waals surface area contributed by atoms with Gasteiger partial charge in [0, 0.05) is 13.1 Å². The summed E-state index contributed by atoms with van der Waals surface area (Å²) in [6.07, 6.45) is -0.190. The Morgan fingerprint density at radius 2 is 2.17 bits per heavy atom. The van der Waals surface area contributed by atoms with Crippen molar-refractivity contribution in [2.75, 3.05) is 20.2 Å². The molecule has 0 aromatic heterocycles. The summed E-state index contributed by atoms with van der Waals surface area (Å²) in [5.74, 6) is -0.158. The molecule has 0 saturated carbocycles. The van der Waals surface area contributed by atoms with Crippen molar-refractivity contribution in [3.8, 4) is 0 Å². The molecule has 1 aliphatic heterocycles. The first-order valence-electron chi connectivity index (χ1n) is 7.09. The van der Waals surface area contributed by atoms with Crippen LogP contribution in [-0.2, 0) is 26.1 Å². The van der Waals surface area contributed by atoms with Crippen molar-refractivity contribution in [2.45, 2.75) is 30.5 Å². The summed E-state index contributed by atoms with van der Waals surface area (Å²) < 4.78 is 31.2. The predicted octanol–water partition coefficient (Wildman–Crippen LogP) is 0.00960. The van der Waals surface area contributed by atoms with Crippen molar-refractivity contribution in [1.29, 1.82) is 0 Å². The number of carbonyl (C=O) groups is 1. The molecule has 1 heterocycles. The second-order valence-corrected chi connectivity index (χ2v) is 6.97. The van der Waals surface area contributed by atoms with Crippen LogP contribution in [0.2, 0.25) is 0 Å². The van der Waals surface area contributed by atoms with Gasteiger partial charge < -0.3 is 15.4 Å². The summed E-state index contributed by atoms with van der Waals surface area (Å²) >= 11 is 0. The number of hydrogen-bond acceptors (Lipinski definition) is 5. The maximum Gasteiger partial charge on any atom is 0.240 e. The summed E-state index contributed by atoms with van der Waals surface area (Å²) in [5, 5.41) is 5.91. The first-order chi connectivity index (χ1) is 10.4. The number of carbonyl (C=O) groups excluding carboxylic acids is 1. The number of hydrogen-bond donors (Lipinski definition) is 3. The van der Waals surface area contributed by atoms with Crippen molar-refractivity contribution >= 4 is 28.3 Å². The van der Waals surface area contributed by atoms with E-state index < -0.39 is 16.1 Å². The molecule has 23 heavy (non-hydrogen) atoms. The number of rotatable bonds is 5. The van der Waals surface area contributed by atoms with Crippen molar-refractivity contribution in [2.24, 2.45) is 0 Å². The van der Waals surface area contributed by atoms with Crippen molar-refractivity contribution in [3.63, 3.8) is 0 Å². The number of benzene rings is 1. The Morgan fingerprint density at radius 1 is 1.43 bits per heavy atom. The largest absolute Gasteiger partial charge is 0.375 e. The predicted molar refractivity (Wildman–Crippen MR) is 89.0 cm³/mol. The molecule has 1 aromatic carbocycles. The van der Waals surface area contributed by atoms with Gasteiger partial charge in [-0.25, -0.2) is 13.1 Å². The first-order valence-corrected chi connectivity index (χ1v) is 8.57. The molecule has 1 aliphatic rings. The minimum Gasteiger partial charge on any atom is -0.375 e. The summed E-state index contributed by atoms with van der Waals surface area (Å²) in [6, 6.07) is 6.08. The van der Waals surface area contributed by atoms with Gasteiger partial charge in [-0.15, -0.1) is 12.4 Å². The highest BCUT2D eigenvalue weighted by Gasteiger charge is 2.27. The van der Waals surface area contributed by atoms with Gasteiger partial charge in [0.15, 0.2) is 0 Å². The average molecular weight is 364 g/mol. The Kier molecular flexibility index (Phi) is 7.43. The molecule has 1 fully saturated rings. The van der Waals surface area contributed by atoms with Crippen LogP contribution in [0.25, 0.3) is 0 Å². The summed E-state index contributed by atoms with van der Waals surface area (Å²) in [5.41, 5.74) is 0.717. The third-order valence-corrected chi connectivity index (χ3v) is 4.96. The lowest BCUT2D eigenvalue weighted by molar-refractivity contribution is -0.129. The van der Waals surface area contributed by atoms with Gasteiger partial charge in [-0.3, -0.25) is 4.79 Å².